The summed E-state index contributed by atoms with van der Waals surface area (Å²) in [6.45, 7) is 7.42. The fraction of sp³-hybridized carbons (Fsp3) is 0.600. The number of benzene rings is 1. The predicted molar refractivity (Wildman–Crippen MR) is 175 cm³/mol. The van der Waals surface area contributed by atoms with Crippen LogP contribution in [0.2, 0.25) is 0 Å². The Morgan fingerprint density at radius 3 is 2.47 bits per heavy atom. The highest BCUT2D eigenvalue weighted by atomic mass is 19.3. The number of alkyl halides is 2. The molecule has 1 saturated carbocycles. The molecule has 2 aromatic rings. The smallest absolute Gasteiger partial charge is 0.408 e. The van der Waals surface area contributed by atoms with Gasteiger partial charge in [0.25, 0.3) is 5.92 Å². The highest BCUT2D eigenvalue weighted by molar-refractivity contribution is 5.96. The second kappa shape index (κ2) is 14.2. The number of aromatic nitrogens is 2. The van der Waals surface area contributed by atoms with Gasteiger partial charge in [0.2, 0.25) is 17.7 Å². The first kappa shape index (κ1) is 35.9. The van der Waals surface area contributed by atoms with E-state index in [1.165, 1.54) is 4.90 Å². The summed E-state index contributed by atoms with van der Waals surface area (Å²) in [5.74, 6) is -5.87. The van der Waals surface area contributed by atoms with Crippen LogP contribution >= 0.6 is 0 Å². The number of fused-ring (bicyclic) bond motifs is 3. The zero-order chi connectivity index (χ0) is 35.6. The molecule has 3 amide bonds. The fourth-order valence-corrected chi connectivity index (χ4v) is 6.35. The van der Waals surface area contributed by atoms with Gasteiger partial charge in [0, 0.05) is 19.3 Å². The van der Waals surface area contributed by atoms with E-state index in [1.54, 1.807) is 52.0 Å². The first-order valence-corrected chi connectivity index (χ1v) is 16.9. The number of hydrogen-bond acceptors (Lipinski definition) is 9. The Morgan fingerprint density at radius 1 is 1.08 bits per heavy atom. The van der Waals surface area contributed by atoms with Crippen molar-refractivity contribution >= 4 is 34.9 Å². The molecule has 49 heavy (non-hydrogen) atoms. The van der Waals surface area contributed by atoms with E-state index in [0.717, 1.165) is 19.3 Å². The number of nitrogens with zero attached hydrogens (tertiary/aromatic N) is 3. The highest BCUT2D eigenvalue weighted by Gasteiger charge is 2.62. The number of halogens is 2. The van der Waals surface area contributed by atoms with Crippen molar-refractivity contribution in [2.24, 2.45) is 5.92 Å². The topological polar surface area (TPSA) is 149 Å². The summed E-state index contributed by atoms with van der Waals surface area (Å²) in [5.41, 5.74) is -2.21. The molecule has 0 bridgehead atoms. The lowest BCUT2D eigenvalue weighted by Gasteiger charge is -2.30. The Labute approximate surface area is 284 Å². The summed E-state index contributed by atoms with van der Waals surface area (Å²) in [6.07, 6.45) is 5.58. The van der Waals surface area contributed by atoms with Crippen molar-refractivity contribution in [3.63, 3.8) is 0 Å². The van der Waals surface area contributed by atoms with Gasteiger partial charge in [-0.25, -0.2) is 19.6 Å². The molecule has 14 heteroatoms. The van der Waals surface area contributed by atoms with Crippen molar-refractivity contribution in [2.75, 3.05) is 13.2 Å². The van der Waals surface area contributed by atoms with Crippen LogP contribution in [0.4, 0.5) is 13.6 Å². The van der Waals surface area contributed by atoms with Gasteiger partial charge >= 0.3 is 12.1 Å². The minimum atomic E-state index is -3.41. The molecule has 2 fully saturated rings. The second-order valence-corrected chi connectivity index (χ2v) is 14.0. The van der Waals surface area contributed by atoms with E-state index in [2.05, 4.69) is 20.6 Å². The normalized spacial score (nSPS) is 26.5. The van der Waals surface area contributed by atoms with E-state index in [4.69, 9.17) is 14.2 Å². The van der Waals surface area contributed by atoms with Crippen molar-refractivity contribution < 1.29 is 42.2 Å². The van der Waals surface area contributed by atoms with Crippen LogP contribution in [0.25, 0.3) is 11.0 Å². The molecule has 1 aromatic carbocycles. The predicted octanol–water partition coefficient (Wildman–Crippen LogP) is 4.94. The van der Waals surface area contributed by atoms with Crippen molar-refractivity contribution in [1.82, 2.24) is 25.5 Å². The molecular formula is C35H45F2N5O7. The lowest BCUT2D eigenvalue weighted by molar-refractivity contribution is -0.150. The minimum Gasteiger partial charge on any atom is -0.471 e. The van der Waals surface area contributed by atoms with Crippen LogP contribution in [0.3, 0.4) is 0 Å². The second-order valence-electron chi connectivity index (χ2n) is 14.0. The van der Waals surface area contributed by atoms with Crippen LogP contribution < -0.4 is 15.4 Å². The van der Waals surface area contributed by atoms with Crippen LogP contribution in [0.5, 0.6) is 5.88 Å². The van der Waals surface area contributed by atoms with E-state index >= 15 is 0 Å². The number of carbonyl (C=O) groups is 4. The standard InChI is InChI=1S/C35H45F2N5O7/c1-6-47-31(45)35-19-21(35)14-10-8-7-9-11-17-25(40-32(46)49-33(2,3)4)30(44)42-20-22(18-26(42)28(43)41-35)48-29-27(34(5,36)37)38-23-15-12-13-16-24(23)39-29/h10,12-16,21-22,25-26H,6-9,11,17-20H2,1-5H3,(H,40,46)(H,41,43)/t21-,22-,25+,26+,35-/m1/s1. The first-order valence-electron chi connectivity index (χ1n) is 16.9. The van der Waals surface area contributed by atoms with E-state index in [1.807, 2.05) is 12.2 Å². The van der Waals surface area contributed by atoms with Gasteiger partial charge < -0.3 is 29.7 Å². The summed E-state index contributed by atoms with van der Waals surface area (Å²) in [6, 6.07) is 4.32. The Hall–Kier alpha value is -4.36. The molecule has 1 saturated heterocycles. The van der Waals surface area contributed by atoms with Crippen LogP contribution in [0, 0.1) is 5.92 Å². The molecule has 3 heterocycles. The van der Waals surface area contributed by atoms with Crippen LogP contribution in [-0.2, 0) is 29.8 Å². The summed E-state index contributed by atoms with van der Waals surface area (Å²) < 4.78 is 46.5. The van der Waals surface area contributed by atoms with Gasteiger partial charge in [-0.3, -0.25) is 9.59 Å². The van der Waals surface area contributed by atoms with Gasteiger partial charge in [-0.15, -0.1) is 0 Å². The number of ether oxygens (including phenoxy) is 3. The summed E-state index contributed by atoms with van der Waals surface area (Å²) in [4.78, 5) is 64.2. The zero-order valence-corrected chi connectivity index (χ0v) is 28.6. The summed E-state index contributed by atoms with van der Waals surface area (Å²) >= 11 is 0. The third kappa shape index (κ3) is 8.45. The molecule has 5 atom stereocenters. The number of alkyl carbamates (subject to hydrolysis) is 1. The van der Waals surface area contributed by atoms with Crippen molar-refractivity contribution in [2.45, 2.75) is 115 Å². The van der Waals surface area contributed by atoms with Gasteiger partial charge in [0.15, 0.2) is 5.69 Å². The molecule has 12 nitrogen and oxygen atoms in total. The Balaban J connectivity index is 1.49. The fourth-order valence-electron chi connectivity index (χ4n) is 6.35. The maximum absolute atomic E-state index is 14.8. The van der Waals surface area contributed by atoms with E-state index in [0.29, 0.717) is 25.3 Å². The maximum atomic E-state index is 14.8. The summed E-state index contributed by atoms with van der Waals surface area (Å²) in [5, 5.41) is 5.55. The molecule has 266 valence electrons. The van der Waals surface area contributed by atoms with Crippen LogP contribution in [0.15, 0.2) is 36.4 Å². The molecule has 5 rings (SSSR count). The molecule has 1 aromatic heterocycles. The summed E-state index contributed by atoms with van der Waals surface area (Å²) in [7, 11) is 0. The van der Waals surface area contributed by atoms with E-state index < -0.39 is 70.7 Å². The van der Waals surface area contributed by atoms with Crippen molar-refractivity contribution in [3.05, 3.63) is 42.1 Å². The molecular weight excluding hydrogens is 640 g/mol. The molecule has 1 aliphatic carbocycles. The number of nitrogens with one attached hydrogen (secondary N) is 2. The number of esters is 1. The van der Waals surface area contributed by atoms with Crippen LogP contribution in [0.1, 0.15) is 85.3 Å². The molecule has 0 radical (unpaired) electrons. The maximum Gasteiger partial charge on any atom is 0.408 e. The molecule has 2 aliphatic heterocycles. The quantitative estimate of drug-likeness (QED) is 0.319. The third-order valence-corrected chi connectivity index (χ3v) is 8.80. The van der Waals surface area contributed by atoms with Gasteiger partial charge in [0.1, 0.15) is 29.3 Å². The number of para-hydroxylation sites is 2. The number of rotatable bonds is 6. The SMILES string of the molecule is CCOC(=O)[C@@]12C[C@H]1C=CCCCCC[C@H](NC(=O)OC(C)(C)C)C(=O)N1C[C@H](Oc3nc4ccccc4nc3C(C)(F)F)C[C@H]1C(=O)N2. The Morgan fingerprint density at radius 2 is 1.80 bits per heavy atom. The highest BCUT2D eigenvalue weighted by Crippen LogP contribution is 2.46. The van der Waals surface area contributed by atoms with Gasteiger partial charge in [0.05, 0.1) is 24.2 Å². The van der Waals surface area contributed by atoms with Gasteiger partial charge in [-0.05, 0) is 65.5 Å². The largest absolute Gasteiger partial charge is 0.471 e. The number of carbonyl (C=O) groups excluding carboxylic acids is 4. The monoisotopic (exact) mass is 685 g/mol. The molecule has 2 N–H and O–H groups in total. The Kier molecular flexibility index (Phi) is 10.4. The van der Waals surface area contributed by atoms with E-state index in [9.17, 15) is 28.0 Å². The number of hydrogen-bond donors (Lipinski definition) is 2. The Bertz CT molecular complexity index is 1610. The third-order valence-electron chi connectivity index (χ3n) is 8.80. The van der Waals surface area contributed by atoms with Crippen molar-refractivity contribution in [3.8, 4) is 5.88 Å². The first-order chi connectivity index (χ1) is 23.1. The van der Waals surface area contributed by atoms with Gasteiger partial charge in [-0.1, -0.05) is 37.1 Å². The zero-order valence-electron chi connectivity index (χ0n) is 28.6. The molecule has 0 spiro atoms. The molecule has 0 unspecified atom stereocenters. The molecule has 3 aliphatic rings. The number of allylic oxidation sites excluding steroid dienone is 1. The number of amides is 3. The van der Waals surface area contributed by atoms with Crippen LogP contribution in [-0.4, -0.2) is 81.2 Å². The average Bonchev–Trinajstić information content (AvgIpc) is 3.54. The van der Waals surface area contributed by atoms with E-state index in [-0.39, 0.29) is 37.4 Å². The average molecular weight is 686 g/mol. The minimum absolute atomic E-state index is 0.0978. The lowest BCUT2D eigenvalue weighted by atomic mass is 10.0. The van der Waals surface area contributed by atoms with Gasteiger partial charge in [-0.2, -0.15) is 8.78 Å². The lowest BCUT2D eigenvalue weighted by Crippen LogP contribution is -2.56. The van der Waals surface area contributed by atoms with Crippen molar-refractivity contribution in [1.29, 1.82) is 0 Å².